The number of aromatic nitrogens is 4. The number of amides is 1. The van der Waals surface area contributed by atoms with Gasteiger partial charge in [0.1, 0.15) is 24.1 Å². The predicted molar refractivity (Wildman–Crippen MR) is 70.9 cm³/mol. The van der Waals surface area contributed by atoms with Gasteiger partial charge in [-0.25, -0.2) is 15.0 Å². The molecule has 1 aliphatic heterocycles. The molecule has 0 unspecified atom stereocenters. The van der Waals surface area contributed by atoms with Crippen LogP contribution in [0.4, 0.5) is 5.82 Å². The lowest BCUT2D eigenvalue weighted by Gasteiger charge is -2.28. The third-order valence-corrected chi connectivity index (χ3v) is 3.62. The Morgan fingerprint density at radius 1 is 1.45 bits per heavy atom. The maximum Gasteiger partial charge on any atom is 0.209 e. The van der Waals surface area contributed by atoms with E-state index in [1.54, 1.807) is 0 Å². The highest BCUT2D eigenvalue weighted by Gasteiger charge is 2.55. The fourth-order valence-corrected chi connectivity index (χ4v) is 2.46. The largest absolute Gasteiger partial charge is 0.391 e. The number of nitrogens with two attached hydrogens (primary N) is 1. The molecule has 0 aromatic carbocycles. The summed E-state index contributed by atoms with van der Waals surface area (Å²) < 4.78 is 6.82. The van der Waals surface area contributed by atoms with Gasteiger partial charge in [0.2, 0.25) is 6.41 Å². The van der Waals surface area contributed by atoms with E-state index in [2.05, 4.69) is 20.3 Å². The molecule has 0 saturated carbocycles. The molecule has 0 bridgehead atoms. The topological polar surface area (TPSA) is 169 Å². The zero-order chi connectivity index (χ0) is 15.9. The first-order chi connectivity index (χ1) is 10.5. The molecular formula is C11H14N6O5. The van der Waals surface area contributed by atoms with E-state index in [1.807, 2.05) is 0 Å². The van der Waals surface area contributed by atoms with E-state index in [-0.39, 0.29) is 17.9 Å². The summed E-state index contributed by atoms with van der Waals surface area (Å²) in [6.45, 7) is -0.732. The average molecular weight is 310 g/mol. The second kappa shape index (κ2) is 5.14. The van der Waals surface area contributed by atoms with Gasteiger partial charge in [-0.1, -0.05) is 0 Å². The summed E-state index contributed by atoms with van der Waals surface area (Å²) in [5, 5.41) is 31.9. The van der Waals surface area contributed by atoms with E-state index in [0.717, 1.165) is 0 Å². The molecule has 1 amide bonds. The van der Waals surface area contributed by atoms with Gasteiger partial charge >= 0.3 is 0 Å². The fraction of sp³-hybridized carbons (Fsp3) is 0.455. The maximum absolute atomic E-state index is 10.7. The first-order valence-corrected chi connectivity index (χ1v) is 6.33. The summed E-state index contributed by atoms with van der Waals surface area (Å²) in [6, 6.07) is 0. The number of nitrogen functional groups attached to an aromatic ring is 1. The lowest BCUT2D eigenvalue weighted by atomic mass is 10.1. The van der Waals surface area contributed by atoms with Crippen LogP contribution < -0.4 is 11.1 Å². The molecule has 0 radical (unpaired) electrons. The average Bonchev–Trinajstić information content (AvgIpc) is 3.04. The van der Waals surface area contributed by atoms with Crippen molar-refractivity contribution >= 4 is 23.4 Å². The van der Waals surface area contributed by atoms with Crippen LogP contribution in [0, 0.1) is 0 Å². The lowest BCUT2D eigenvalue weighted by Crippen LogP contribution is -2.56. The summed E-state index contributed by atoms with van der Waals surface area (Å²) in [5.74, 6) is 0.149. The molecule has 4 atom stereocenters. The molecule has 11 nitrogen and oxygen atoms in total. The van der Waals surface area contributed by atoms with Crippen LogP contribution in [0.25, 0.3) is 11.2 Å². The number of aliphatic hydroxyl groups is 3. The van der Waals surface area contributed by atoms with Crippen molar-refractivity contribution in [3.05, 3.63) is 12.7 Å². The van der Waals surface area contributed by atoms with Crippen LogP contribution in [0.1, 0.15) is 6.23 Å². The van der Waals surface area contributed by atoms with Gasteiger partial charge in [0.15, 0.2) is 23.4 Å². The normalized spacial score (nSPS) is 31.5. The molecule has 22 heavy (non-hydrogen) atoms. The number of aliphatic hydroxyl groups excluding tert-OH is 3. The van der Waals surface area contributed by atoms with Gasteiger partial charge in [0, 0.05) is 0 Å². The van der Waals surface area contributed by atoms with E-state index in [4.69, 9.17) is 10.5 Å². The van der Waals surface area contributed by atoms with Crippen LogP contribution >= 0.6 is 0 Å². The quantitative estimate of drug-likeness (QED) is 0.372. The number of anilines is 1. The highest BCUT2D eigenvalue weighted by Crippen LogP contribution is 2.36. The minimum atomic E-state index is -1.82. The van der Waals surface area contributed by atoms with Crippen molar-refractivity contribution in [1.29, 1.82) is 0 Å². The first-order valence-electron chi connectivity index (χ1n) is 6.33. The monoisotopic (exact) mass is 310 g/mol. The minimum absolute atomic E-state index is 0.149. The summed E-state index contributed by atoms with van der Waals surface area (Å²) in [6.07, 6.45) is -1.33. The number of carbonyl (C=O) groups excluding carboxylic acids is 1. The van der Waals surface area contributed by atoms with Crippen LogP contribution in [0.3, 0.4) is 0 Å². The van der Waals surface area contributed by atoms with Crippen LogP contribution in [0.2, 0.25) is 0 Å². The third kappa shape index (κ3) is 1.91. The number of imidazole rings is 1. The van der Waals surface area contributed by atoms with Gasteiger partial charge in [-0.05, 0) is 0 Å². The van der Waals surface area contributed by atoms with E-state index in [1.165, 1.54) is 17.2 Å². The molecule has 1 saturated heterocycles. The van der Waals surface area contributed by atoms with Crippen molar-refractivity contribution in [2.45, 2.75) is 24.2 Å². The number of hydrogen-bond acceptors (Lipinski definition) is 9. The molecule has 2 aromatic rings. The Balaban J connectivity index is 2.04. The maximum atomic E-state index is 10.7. The number of rotatable bonds is 4. The Morgan fingerprint density at radius 3 is 2.91 bits per heavy atom. The van der Waals surface area contributed by atoms with Gasteiger partial charge in [0.25, 0.3) is 0 Å². The molecule has 3 rings (SSSR count). The number of carbonyl (C=O) groups is 1. The molecule has 118 valence electrons. The Morgan fingerprint density at radius 2 is 2.23 bits per heavy atom. The third-order valence-electron chi connectivity index (χ3n) is 3.62. The zero-order valence-corrected chi connectivity index (χ0v) is 11.2. The van der Waals surface area contributed by atoms with Crippen molar-refractivity contribution in [2.75, 3.05) is 12.3 Å². The highest BCUT2D eigenvalue weighted by molar-refractivity contribution is 5.81. The van der Waals surface area contributed by atoms with Crippen LogP contribution in [0.15, 0.2) is 12.7 Å². The van der Waals surface area contributed by atoms with Gasteiger partial charge < -0.3 is 31.1 Å². The predicted octanol–water partition coefficient (Wildman–Crippen LogP) is -2.91. The molecule has 0 spiro atoms. The van der Waals surface area contributed by atoms with E-state index >= 15 is 0 Å². The van der Waals surface area contributed by atoms with Gasteiger partial charge in [-0.15, -0.1) is 0 Å². The summed E-state index contributed by atoms with van der Waals surface area (Å²) in [7, 11) is 0. The Kier molecular flexibility index (Phi) is 3.41. The van der Waals surface area contributed by atoms with Crippen molar-refractivity contribution in [2.24, 2.45) is 0 Å². The Hall–Kier alpha value is -2.34. The Labute approximate surface area is 123 Å². The number of fused-ring (bicyclic) bond motifs is 1. The Bertz CT molecular complexity index is 707. The number of hydrogen-bond donors (Lipinski definition) is 5. The van der Waals surface area contributed by atoms with E-state index in [0.29, 0.717) is 5.52 Å². The SMILES string of the molecule is Nc1ncnc2c1ncn2[C@@H]1O[C@@](CO)(NC=O)[C@@H](O)[C@H]1O. The van der Waals surface area contributed by atoms with Crippen molar-refractivity contribution in [3.8, 4) is 0 Å². The molecular weight excluding hydrogens is 296 g/mol. The number of ether oxygens (including phenoxy) is 1. The lowest BCUT2D eigenvalue weighted by molar-refractivity contribution is -0.153. The molecule has 1 fully saturated rings. The standard InChI is InChI=1S/C11H14N6O5/c12-8-5-9(14-2-13-8)17(3-15-5)10-6(20)7(21)11(1-18,22-10)16-4-19/h2-4,6-7,10,18,20-21H,1H2,(H,16,19)(H2,12,13,14)/t6-,7+,10-,11-/m1/s1. The highest BCUT2D eigenvalue weighted by atomic mass is 16.6. The van der Waals surface area contributed by atoms with E-state index < -0.39 is 30.8 Å². The summed E-state index contributed by atoms with van der Waals surface area (Å²) >= 11 is 0. The van der Waals surface area contributed by atoms with Crippen molar-refractivity contribution in [1.82, 2.24) is 24.8 Å². The smallest absolute Gasteiger partial charge is 0.209 e. The molecule has 11 heteroatoms. The second-order valence-corrected chi connectivity index (χ2v) is 4.84. The molecule has 0 aliphatic carbocycles. The zero-order valence-electron chi connectivity index (χ0n) is 11.2. The van der Waals surface area contributed by atoms with Crippen molar-refractivity contribution in [3.63, 3.8) is 0 Å². The van der Waals surface area contributed by atoms with Gasteiger partial charge in [0.05, 0.1) is 12.9 Å². The van der Waals surface area contributed by atoms with E-state index in [9.17, 15) is 20.1 Å². The molecule has 1 aliphatic rings. The first kappa shape index (κ1) is 14.6. The number of nitrogens with zero attached hydrogens (tertiary/aromatic N) is 4. The van der Waals surface area contributed by atoms with Crippen LogP contribution in [-0.2, 0) is 9.53 Å². The minimum Gasteiger partial charge on any atom is -0.391 e. The van der Waals surface area contributed by atoms with Gasteiger partial charge in [-0.3, -0.25) is 9.36 Å². The molecule has 2 aromatic heterocycles. The molecule has 3 heterocycles. The van der Waals surface area contributed by atoms with Gasteiger partial charge in [-0.2, -0.15) is 0 Å². The molecule has 6 N–H and O–H groups in total. The van der Waals surface area contributed by atoms with Crippen molar-refractivity contribution < 1.29 is 24.9 Å². The fourth-order valence-electron chi connectivity index (χ4n) is 2.46. The van der Waals surface area contributed by atoms with Crippen LogP contribution in [0.5, 0.6) is 0 Å². The van der Waals surface area contributed by atoms with Crippen LogP contribution in [-0.4, -0.2) is 65.8 Å². The second-order valence-electron chi connectivity index (χ2n) is 4.84. The summed E-state index contributed by atoms with van der Waals surface area (Å²) in [5.41, 5.74) is 4.45. The summed E-state index contributed by atoms with van der Waals surface area (Å²) in [4.78, 5) is 22.5. The number of nitrogens with one attached hydrogen (secondary N) is 1.